The van der Waals surface area contributed by atoms with Crippen molar-refractivity contribution in [3.8, 4) is 0 Å². The highest BCUT2D eigenvalue weighted by Crippen LogP contribution is 2.08. The number of anilines is 1. The summed E-state index contributed by atoms with van der Waals surface area (Å²) in [5, 5.41) is 6.57. The van der Waals surface area contributed by atoms with Crippen molar-refractivity contribution in [2.24, 2.45) is 0 Å². The van der Waals surface area contributed by atoms with Gasteiger partial charge in [0.1, 0.15) is 0 Å². The summed E-state index contributed by atoms with van der Waals surface area (Å²) in [5.74, 6) is 0.465. The van der Waals surface area contributed by atoms with Gasteiger partial charge in [-0.05, 0) is 32.7 Å². The van der Waals surface area contributed by atoms with E-state index in [-0.39, 0.29) is 5.56 Å². The van der Waals surface area contributed by atoms with Gasteiger partial charge in [0.2, 0.25) is 0 Å². The third-order valence-corrected chi connectivity index (χ3v) is 3.20. The number of aromatic nitrogens is 2. The minimum atomic E-state index is -0.0330. The van der Waals surface area contributed by atoms with E-state index >= 15 is 0 Å². The molecule has 0 aromatic carbocycles. The summed E-state index contributed by atoms with van der Waals surface area (Å²) in [6.45, 7) is 4.55. The molecule has 1 aromatic rings. The Morgan fingerprint density at radius 3 is 3.24 bits per heavy atom. The zero-order valence-electron chi connectivity index (χ0n) is 10.3. The number of hydrogen-bond donors (Lipinski definition) is 2. The Labute approximate surface area is 101 Å². The van der Waals surface area contributed by atoms with E-state index in [9.17, 15) is 4.79 Å². The third kappa shape index (κ3) is 3.06. The molecule has 0 radical (unpaired) electrons. The first-order valence-electron chi connectivity index (χ1n) is 6.34. The monoisotopic (exact) mass is 236 g/mol. The van der Waals surface area contributed by atoms with Crippen molar-refractivity contribution in [1.29, 1.82) is 0 Å². The van der Waals surface area contributed by atoms with Gasteiger partial charge in [0.15, 0.2) is 5.82 Å². The first kappa shape index (κ1) is 12.1. The van der Waals surface area contributed by atoms with Crippen LogP contribution in [0.4, 0.5) is 5.82 Å². The van der Waals surface area contributed by atoms with Gasteiger partial charge in [0.25, 0.3) is 5.56 Å². The number of nitrogens with one attached hydrogen (secondary N) is 2. The SMILES string of the molecule is CCn1ccnc(NCC[C@@H]2CCCN2)c1=O. The molecular weight excluding hydrogens is 216 g/mol. The second-order valence-electron chi connectivity index (χ2n) is 4.38. The van der Waals surface area contributed by atoms with Crippen LogP contribution < -0.4 is 16.2 Å². The molecule has 1 aromatic heterocycles. The fourth-order valence-corrected chi connectivity index (χ4v) is 2.19. The zero-order chi connectivity index (χ0) is 12.1. The first-order valence-corrected chi connectivity index (χ1v) is 6.34. The van der Waals surface area contributed by atoms with Crippen LogP contribution in [0, 0.1) is 0 Å². The van der Waals surface area contributed by atoms with Crippen LogP contribution in [0.25, 0.3) is 0 Å². The van der Waals surface area contributed by atoms with Crippen LogP contribution in [0.15, 0.2) is 17.2 Å². The molecule has 17 heavy (non-hydrogen) atoms. The van der Waals surface area contributed by atoms with Crippen molar-refractivity contribution in [3.05, 3.63) is 22.7 Å². The van der Waals surface area contributed by atoms with Crippen LogP contribution in [-0.4, -0.2) is 28.7 Å². The molecule has 2 N–H and O–H groups in total. The summed E-state index contributed by atoms with van der Waals surface area (Å²) in [7, 11) is 0. The molecule has 0 bridgehead atoms. The average molecular weight is 236 g/mol. The molecule has 1 aliphatic rings. The summed E-state index contributed by atoms with van der Waals surface area (Å²) >= 11 is 0. The fourth-order valence-electron chi connectivity index (χ4n) is 2.19. The summed E-state index contributed by atoms with van der Waals surface area (Å²) in [4.78, 5) is 15.9. The molecule has 5 heteroatoms. The fraction of sp³-hybridized carbons (Fsp3) is 0.667. The molecule has 2 heterocycles. The minimum absolute atomic E-state index is 0.0330. The van der Waals surface area contributed by atoms with Crippen LogP contribution >= 0.6 is 0 Å². The van der Waals surface area contributed by atoms with Gasteiger partial charge in [-0.25, -0.2) is 4.98 Å². The standard InChI is InChI=1S/C12H20N4O/c1-2-16-9-8-15-11(12(16)17)14-7-5-10-4-3-6-13-10/h8-10,13H,2-7H2,1H3,(H,14,15)/t10-/m0/s1. The Kier molecular flexibility index (Phi) is 4.14. The zero-order valence-corrected chi connectivity index (χ0v) is 10.3. The van der Waals surface area contributed by atoms with E-state index in [1.54, 1.807) is 17.0 Å². The van der Waals surface area contributed by atoms with E-state index in [0.717, 1.165) is 19.5 Å². The molecule has 0 saturated carbocycles. The lowest BCUT2D eigenvalue weighted by Gasteiger charge is -2.11. The lowest BCUT2D eigenvalue weighted by molar-refractivity contribution is 0.573. The highest BCUT2D eigenvalue weighted by atomic mass is 16.1. The summed E-state index contributed by atoms with van der Waals surface area (Å²) in [6, 6.07) is 0.597. The quantitative estimate of drug-likeness (QED) is 0.794. The van der Waals surface area contributed by atoms with Crippen LogP contribution in [0.1, 0.15) is 26.2 Å². The van der Waals surface area contributed by atoms with Crippen molar-refractivity contribution >= 4 is 5.82 Å². The molecule has 0 unspecified atom stereocenters. The lowest BCUT2D eigenvalue weighted by atomic mass is 10.1. The first-order chi connectivity index (χ1) is 8.31. The second-order valence-corrected chi connectivity index (χ2v) is 4.38. The topological polar surface area (TPSA) is 59.0 Å². The predicted molar refractivity (Wildman–Crippen MR) is 68.3 cm³/mol. The largest absolute Gasteiger partial charge is 0.365 e. The Morgan fingerprint density at radius 2 is 2.53 bits per heavy atom. The highest BCUT2D eigenvalue weighted by Gasteiger charge is 2.13. The summed E-state index contributed by atoms with van der Waals surface area (Å²) in [5.41, 5.74) is -0.0330. The molecule has 5 nitrogen and oxygen atoms in total. The van der Waals surface area contributed by atoms with E-state index in [4.69, 9.17) is 0 Å². The summed E-state index contributed by atoms with van der Waals surface area (Å²) in [6.07, 6.45) is 6.93. The van der Waals surface area contributed by atoms with Gasteiger partial charge in [0, 0.05) is 31.5 Å². The van der Waals surface area contributed by atoms with Gasteiger partial charge in [0.05, 0.1) is 0 Å². The van der Waals surface area contributed by atoms with Crippen molar-refractivity contribution in [3.63, 3.8) is 0 Å². The van der Waals surface area contributed by atoms with Crippen molar-refractivity contribution in [1.82, 2.24) is 14.9 Å². The molecule has 2 rings (SSSR count). The second kappa shape index (κ2) is 5.82. The maximum Gasteiger partial charge on any atom is 0.293 e. The molecule has 0 amide bonds. The Balaban J connectivity index is 1.88. The van der Waals surface area contributed by atoms with Gasteiger partial charge in [-0.2, -0.15) is 0 Å². The van der Waals surface area contributed by atoms with Crippen LogP contribution in [0.5, 0.6) is 0 Å². The maximum absolute atomic E-state index is 11.8. The number of nitrogens with zero attached hydrogens (tertiary/aromatic N) is 2. The Hall–Kier alpha value is -1.36. The van der Waals surface area contributed by atoms with E-state index in [2.05, 4.69) is 15.6 Å². The number of aryl methyl sites for hydroxylation is 1. The molecule has 1 aliphatic heterocycles. The van der Waals surface area contributed by atoms with Crippen LogP contribution in [-0.2, 0) is 6.54 Å². The van der Waals surface area contributed by atoms with E-state index in [0.29, 0.717) is 18.4 Å². The minimum Gasteiger partial charge on any atom is -0.365 e. The molecule has 0 aliphatic carbocycles. The van der Waals surface area contributed by atoms with Crippen LogP contribution in [0.2, 0.25) is 0 Å². The molecule has 1 atom stereocenters. The van der Waals surface area contributed by atoms with Gasteiger partial charge >= 0.3 is 0 Å². The predicted octanol–water partition coefficient (Wildman–Crippen LogP) is 0.817. The van der Waals surface area contributed by atoms with Gasteiger partial charge in [-0.15, -0.1) is 0 Å². The van der Waals surface area contributed by atoms with Gasteiger partial charge in [-0.3, -0.25) is 4.79 Å². The molecule has 0 spiro atoms. The van der Waals surface area contributed by atoms with E-state index in [1.807, 2.05) is 6.92 Å². The summed E-state index contributed by atoms with van der Waals surface area (Å²) < 4.78 is 1.66. The lowest BCUT2D eigenvalue weighted by Crippen LogP contribution is -2.27. The molecule has 1 fully saturated rings. The number of hydrogen-bond acceptors (Lipinski definition) is 4. The Morgan fingerprint density at radius 1 is 1.65 bits per heavy atom. The van der Waals surface area contributed by atoms with Crippen molar-refractivity contribution in [2.75, 3.05) is 18.4 Å². The van der Waals surface area contributed by atoms with E-state index < -0.39 is 0 Å². The number of rotatable bonds is 5. The normalized spacial score (nSPS) is 19.5. The van der Waals surface area contributed by atoms with Crippen molar-refractivity contribution < 1.29 is 0 Å². The average Bonchev–Trinajstić information content (AvgIpc) is 2.84. The third-order valence-electron chi connectivity index (χ3n) is 3.20. The van der Waals surface area contributed by atoms with Crippen molar-refractivity contribution in [2.45, 2.75) is 38.8 Å². The smallest absolute Gasteiger partial charge is 0.293 e. The Bertz CT molecular complexity index is 409. The van der Waals surface area contributed by atoms with Gasteiger partial charge in [-0.1, -0.05) is 0 Å². The maximum atomic E-state index is 11.8. The van der Waals surface area contributed by atoms with Gasteiger partial charge < -0.3 is 15.2 Å². The van der Waals surface area contributed by atoms with E-state index in [1.165, 1.54) is 12.8 Å². The molecule has 94 valence electrons. The molecule has 1 saturated heterocycles. The molecular formula is C12H20N4O. The van der Waals surface area contributed by atoms with Crippen LogP contribution in [0.3, 0.4) is 0 Å². The highest BCUT2D eigenvalue weighted by molar-refractivity contribution is 5.30.